The molecule has 1 fully saturated rings. The van der Waals surface area contributed by atoms with E-state index in [9.17, 15) is 9.18 Å². The molecule has 1 saturated heterocycles. The number of thiazole rings is 1. The Balaban J connectivity index is 1.35. The lowest BCUT2D eigenvalue weighted by Gasteiger charge is -2.32. The largest absolute Gasteiger partial charge is 0.321 e. The summed E-state index contributed by atoms with van der Waals surface area (Å²) < 4.78 is 13.1. The van der Waals surface area contributed by atoms with Crippen LogP contribution in [0.1, 0.15) is 16.1 Å². The third-order valence-electron chi connectivity index (χ3n) is 5.04. The van der Waals surface area contributed by atoms with Crippen molar-refractivity contribution in [2.45, 2.75) is 6.54 Å². The molecule has 1 aliphatic heterocycles. The normalized spacial score (nSPS) is 15.4. The van der Waals surface area contributed by atoms with Crippen LogP contribution in [0, 0.1) is 5.82 Å². The van der Waals surface area contributed by atoms with Crippen molar-refractivity contribution in [2.24, 2.45) is 0 Å². The van der Waals surface area contributed by atoms with Gasteiger partial charge in [-0.25, -0.2) is 9.37 Å². The quantitative estimate of drug-likeness (QED) is 0.692. The Morgan fingerprint density at radius 3 is 2.45 bits per heavy atom. The number of anilines is 1. The lowest BCUT2D eigenvalue weighted by atomic mass is 10.1. The molecule has 1 aliphatic rings. The summed E-state index contributed by atoms with van der Waals surface area (Å²) in [5, 5.41) is 5.30. The number of hydrogen-bond donors (Lipinski definition) is 1. The molecule has 5 nitrogen and oxygen atoms in total. The van der Waals surface area contributed by atoms with Crippen molar-refractivity contribution in [2.75, 3.05) is 38.5 Å². The van der Waals surface area contributed by atoms with Gasteiger partial charge in [0, 0.05) is 49.4 Å². The predicted octanol–water partition coefficient (Wildman–Crippen LogP) is 3.95. The maximum atomic E-state index is 13.1. The lowest BCUT2D eigenvalue weighted by Crippen LogP contribution is -2.43. The average Bonchev–Trinajstić information content (AvgIpc) is 3.22. The number of likely N-dealkylation sites (N-methyl/N-ethyl adjacent to an activating group) is 1. The molecule has 0 aliphatic carbocycles. The van der Waals surface area contributed by atoms with Gasteiger partial charge in [-0.05, 0) is 49.0 Å². The average molecular weight is 411 g/mol. The third-order valence-corrected chi connectivity index (χ3v) is 5.93. The topological polar surface area (TPSA) is 48.5 Å². The number of carbonyl (C=O) groups excluding carboxylic acids is 1. The number of carbonyl (C=O) groups is 1. The second-order valence-corrected chi connectivity index (χ2v) is 8.13. The molecule has 7 heteroatoms. The van der Waals surface area contributed by atoms with E-state index < -0.39 is 0 Å². The Morgan fingerprint density at radius 1 is 1.07 bits per heavy atom. The van der Waals surface area contributed by atoms with Crippen molar-refractivity contribution in [3.63, 3.8) is 0 Å². The van der Waals surface area contributed by atoms with E-state index in [-0.39, 0.29) is 11.7 Å². The van der Waals surface area contributed by atoms with Gasteiger partial charge in [-0.3, -0.25) is 9.69 Å². The summed E-state index contributed by atoms with van der Waals surface area (Å²) in [5.74, 6) is -0.541. The van der Waals surface area contributed by atoms with Gasteiger partial charge in [0.15, 0.2) is 0 Å². The molecule has 3 aromatic rings. The molecule has 1 amide bonds. The van der Waals surface area contributed by atoms with Gasteiger partial charge in [0.1, 0.15) is 16.5 Å². The summed E-state index contributed by atoms with van der Waals surface area (Å²) in [7, 11) is 2.15. The highest BCUT2D eigenvalue weighted by molar-refractivity contribution is 7.13. The zero-order valence-electron chi connectivity index (χ0n) is 16.3. The molecular weight excluding hydrogens is 387 g/mol. The molecule has 4 rings (SSSR count). The van der Waals surface area contributed by atoms with Crippen molar-refractivity contribution >= 4 is 22.9 Å². The number of aromatic nitrogens is 1. The molecule has 2 heterocycles. The molecule has 0 radical (unpaired) electrons. The predicted molar refractivity (Wildman–Crippen MR) is 115 cm³/mol. The van der Waals surface area contributed by atoms with Crippen LogP contribution in [0.5, 0.6) is 0 Å². The van der Waals surface area contributed by atoms with Crippen LogP contribution in [0.25, 0.3) is 10.6 Å². The smallest absolute Gasteiger partial charge is 0.275 e. The minimum Gasteiger partial charge on any atom is -0.321 e. The molecule has 0 atom stereocenters. The van der Waals surface area contributed by atoms with Crippen LogP contribution in [-0.4, -0.2) is 53.9 Å². The third kappa shape index (κ3) is 5.06. The zero-order valence-corrected chi connectivity index (χ0v) is 17.1. The SMILES string of the molecule is CN1CCN(Cc2ccc(NC(=O)c3csc(-c4ccc(F)cc4)n3)cc2)CC1. The molecule has 0 bridgehead atoms. The van der Waals surface area contributed by atoms with Crippen molar-refractivity contribution in [3.8, 4) is 10.6 Å². The Hall–Kier alpha value is -2.61. The van der Waals surface area contributed by atoms with E-state index in [1.54, 1.807) is 17.5 Å². The van der Waals surface area contributed by atoms with Gasteiger partial charge >= 0.3 is 0 Å². The Kier molecular flexibility index (Phi) is 5.99. The van der Waals surface area contributed by atoms with E-state index in [1.165, 1.54) is 29.0 Å². The maximum absolute atomic E-state index is 13.1. The van der Waals surface area contributed by atoms with Crippen molar-refractivity contribution in [3.05, 3.63) is 71.0 Å². The molecule has 0 spiro atoms. The second-order valence-electron chi connectivity index (χ2n) is 7.28. The number of nitrogens with one attached hydrogen (secondary N) is 1. The van der Waals surface area contributed by atoms with Crippen LogP contribution in [0.15, 0.2) is 53.9 Å². The van der Waals surface area contributed by atoms with E-state index in [0.717, 1.165) is 44.0 Å². The van der Waals surface area contributed by atoms with Gasteiger partial charge in [0.05, 0.1) is 0 Å². The van der Waals surface area contributed by atoms with Crippen molar-refractivity contribution < 1.29 is 9.18 Å². The molecule has 1 N–H and O–H groups in total. The number of amides is 1. The number of rotatable bonds is 5. The molecule has 1 aromatic heterocycles. The number of benzene rings is 2. The van der Waals surface area contributed by atoms with Gasteiger partial charge < -0.3 is 10.2 Å². The molecule has 29 heavy (non-hydrogen) atoms. The number of nitrogens with zero attached hydrogens (tertiary/aromatic N) is 3. The van der Waals surface area contributed by atoms with Gasteiger partial charge in [0.2, 0.25) is 0 Å². The lowest BCUT2D eigenvalue weighted by molar-refractivity contribution is 0.102. The Bertz CT molecular complexity index is 963. The van der Waals surface area contributed by atoms with Crippen LogP contribution in [0.2, 0.25) is 0 Å². The summed E-state index contributed by atoms with van der Waals surface area (Å²) >= 11 is 1.37. The fourth-order valence-electron chi connectivity index (χ4n) is 3.26. The van der Waals surface area contributed by atoms with Gasteiger partial charge in [-0.15, -0.1) is 11.3 Å². The van der Waals surface area contributed by atoms with E-state index in [0.29, 0.717) is 10.7 Å². The highest BCUT2D eigenvalue weighted by Crippen LogP contribution is 2.24. The van der Waals surface area contributed by atoms with Crippen LogP contribution >= 0.6 is 11.3 Å². The first-order valence-electron chi connectivity index (χ1n) is 9.59. The Morgan fingerprint density at radius 2 is 1.76 bits per heavy atom. The monoisotopic (exact) mass is 410 g/mol. The van der Waals surface area contributed by atoms with E-state index in [2.05, 4.69) is 39.3 Å². The van der Waals surface area contributed by atoms with Crippen LogP contribution < -0.4 is 5.32 Å². The minimum atomic E-state index is -0.292. The highest BCUT2D eigenvalue weighted by atomic mass is 32.1. The summed E-state index contributed by atoms with van der Waals surface area (Å²) in [6.07, 6.45) is 0. The fraction of sp³-hybridized carbons (Fsp3) is 0.273. The van der Waals surface area contributed by atoms with Gasteiger partial charge in [0.25, 0.3) is 5.91 Å². The second kappa shape index (κ2) is 8.82. The minimum absolute atomic E-state index is 0.249. The van der Waals surface area contributed by atoms with Crippen LogP contribution in [0.3, 0.4) is 0 Å². The first-order valence-corrected chi connectivity index (χ1v) is 10.5. The fourth-order valence-corrected chi connectivity index (χ4v) is 4.06. The van der Waals surface area contributed by atoms with E-state index in [1.807, 2.05) is 12.1 Å². The van der Waals surface area contributed by atoms with Gasteiger partial charge in [-0.2, -0.15) is 0 Å². The first kappa shape index (κ1) is 19.7. The molecular formula is C22H23FN4OS. The first-order chi connectivity index (χ1) is 14.1. The van der Waals surface area contributed by atoms with Crippen molar-refractivity contribution in [1.82, 2.24) is 14.8 Å². The molecule has 150 valence electrons. The summed E-state index contributed by atoms with van der Waals surface area (Å²) in [6, 6.07) is 14.1. The van der Waals surface area contributed by atoms with E-state index >= 15 is 0 Å². The molecule has 0 saturated carbocycles. The van der Waals surface area contributed by atoms with Crippen LogP contribution in [-0.2, 0) is 6.54 Å². The number of halogens is 1. The summed E-state index contributed by atoms with van der Waals surface area (Å²) in [4.78, 5) is 21.7. The standard InChI is InChI=1S/C22H23FN4OS/c1-26-10-12-27(13-11-26)14-16-2-8-19(9-3-16)24-21(28)20-15-29-22(25-20)17-4-6-18(23)7-5-17/h2-9,15H,10-14H2,1H3,(H,24,28). The van der Waals surface area contributed by atoms with E-state index in [4.69, 9.17) is 0 Å². The highest BCUT2D eigenvalue weighted by Gasteiger charge is 2.15. The van der Waals surface area contributed by atoms with Crippen LogP contribution in [0.4, 0.5) is 10.1 Å². The van der Waals surface area contributed by atoms with Crippen molar-refractivity contribution in [1.29, 1.82) is 0 Å². The zero-order chi connectivity index (χ0) is 20.2. The number of piperazine rings is 1. The van der Waals surface area contributed by atoms with Gasteiger partial charge in [-0.1, -0.05) is 12.1 Å². The Labute approximate surface area is 173 Å². The molecule has 0 unspecified atom stereocenters. The summed E-state index contributed by atoms with van der Waals surface area (Å²) in [6.45, 7) is 5.28. The maximum Gasteiger partial charge on any atom is 0.275 e. The molecule has 2 aromatic carbocycles. The summed E-state index contributed by atoms with van der Waals surface area (Å²) in [5.41, 5.74) is 3.13. The number of hydrogen-bond acceptors (Lipinski definition) is 5.